The number of hydrogen-bond donors (Lipinski definition) is 2. The van der Waals surface area contributed by atoms with Gasteiger partial charge < -0.3 is 10.7 Å². The number of nitrogens with one attached hydrogen (secondary N) is 1. The molecule has 2 aromatic carbocycles. The molecule has 19 heavy (non-hydrogen) atoms. The van der Waals surface area contributed by atoms with E-state index in [4.69, 9.17) is 18.0 Å². The Morgan fingerprint density at radius 2 is 2.00 bits per heavy atom. The third kappa shape index (κ3) is 2.13. The van der Waals surface area contributed by atoms with Gasteiger partial charge in [0, 0.05) is 22.7 Å². The summed E-state index contributed by atoms with van der Waals surface area (Å²) in [6.07, 6.45) is 1.96. The first-order valence-corrected chi connectivity index (χ1v) is 6.54. The number of hydrogen-bond acceptors (Lipinski definition) is 1. The topological polar surface area (TPSA) is 41.8 Å². The molecule has 2 nitrogen and oxygen atoms in total. The van der Waals surface area contributed by atoms with E-state index in [0.29, 0.717) is 4.99 Å². The van der Waals surface area contributed by atoms with Gasteiger partial charge in [-0.15, -0.1) is 0 Å². The van der Waals surface area contributed by atoms with Crippen LogP contribution in [0, 0.1) is 6.92 Å². The van der Waals surface area contributed by atoms with Crippen molar-refractivity contribution in [3.05, 3.63) is 59.8 Å². The van der Waals surface area contributed by atoms with Gasteiger partial charge in [0.25, 0.3) is 0 Å². The SMILES string of the molecule is Cc1cc(C(N)=S)cc(-c2cccc3[nH]ccc23)c1. The summed E-state index contributed by atoms with van der Waals surface area (Å²) >= 11 is 5.08. The number of aromatic nitrogens is 1. The molecule has 0 fully saturated rings. The van der Waals surface area contributed by atoms with Crippen molar-refractivity contribution in [1.29, 1.82) is 0 Å². The number of benzene rings is 2. The van der Waals surface area contributed by atoms with Crippen molar-refractivity contribution >= 4 is 28.1 Å². The molecule has 0 unspecified atom stereocenters. The molecule has 3 rings (SSSR count). The molecule has 0 amide bonds. The molecule has 1 heterocycles. The lowest BCUT2D eigenvalue weighted by Gasteiger charge is -2.08. The average Bonchev–Trinajstić information content (AvgIpc) is 2.85. The largest absolute Gasteiger partial charge is 0.389 e. The van der Waals surface area contributed by atoms with Crippen LogP contribution in [0.4, 0.5) is 0 Å². The number of thiocarbonyl (C=S) groups is 1. The predicted octanol–water partition coefficient (Wildman–Crippen LogP) is 3.78. The van der Waals surface area contributed by atoms with Crippen molar-refractivity contribution in [3.63, 3.8) is 0 Å². The maximum atomic E-state index is 5.75. The van der Waals surface area contributed by atoms with Crippen LogP contribution in [0.3, 0.4) is 0 Å². The highest BCUT2D eigenvalue weighted by molar-refractivity contribution is 7.80. The maximum Gasteiger partial charge on any atom is 0.104 e. The Labute approximate surface area is 117 Å². The first-order chi connectivity index (χ1) is 9.15. The smallest absolute Gasteiger partial charge is 0.104 e. The first kappa shape index (κ1) is 11.9. The zero-order chi connectivity index (χ0) is 13.4. The van der Waals surface area contributed by atoms with Crippen molar-refractivity contribution < 1.29 is 0 Å². The zero-order valence-electron chi connectivity index (χ0n) is 10.6. The Hall–Kier alpha value is -2.13. The number of fused-ring (bicyclic) bond motifs is 1. The Kier molecular flexibility index (Phi) is 2.84. The number of aryl methyl sites for hydroxylation is 1. The minimum absolute atomic E-state index is 0.436. The van der Waals surface area contributed by atoms with Crippen molar-refractivity contribution in [2.24, 2.45) is 5.73 Å². The van der Waals surface area contributed by atoms with Gasteiger partial charge in [-0.2, -0.15) is 0 Å². The Morgan fingerprint density at radius 3 is 2.79 bits per heavy atom. The second kappa shape index (κ2) is 4.52. The van der Waals surface area contributed by atoms with E-state index >= 15 is 0 Å². The molecular weight excluding hydrogens is 252 g/mol. The van der Waals surface area contributed by atoms with E-state index in [1.54, 1.807) is 0 Å². The van der Waals surface area contributed by atoms with Crippen LogP contribution in [0.1, 0.15) is 11.1 Å². The lowest BCUT2D eigenvalue weighted by atomic mass is 9.98. The van der Waals surface area contributed by atoms with E-state index in [2.05, 4.69) is 48.3 Å². The van der Waals surface area contributed by atoms with E-state index in [9.17, 15) is 0 Å². The molecule has 0 aliphatic heterocycles. The van der Waals surface area contributed by atoms with Crippen molar-refractivity contribution in [3.8, 4) is 11.1 Å². The molecule has 3 heteroatoms. The summed E-state index contributed by atoms with van der Waals surface area (Å²) in [5.41, 5.74) is 11.3. The van der Waals surface area contributed by atoms with Gasteiger partial charge in [0.05, 0.1) is 0 Å². The van der Waals surface area contributed by atoms with Crippen molar-refractivity contribution in [2.75, 3.05) is 0 Å². The summed E-state index contributed by atoms with van der Waals surface area (Å²) in [6.45, 7) is 2.06. The second-order valence-electron chi connectivity index (χ2n) is 4.70. The van der Waals surface area contributed by atoms with E-state index in [1.807, 2.05) is 12.3 Å². The van der Waals surface area contributed by atoms with Gasteiger partial charge in [-0.05, 0) is 47.9 Å². The molecule has 3 N–H and O–H groups in total. The highest BCUT2D eigenvalue weighted by Gasteiger charge is 2.07. The molecule has 0 saturated carbocycles. The minimum Gasteiger partial charge on any atom is -0.389 e. The quantitative estimate of drug-likeness (QED) is 0.693. The standard InChI is InChI=1S/C16H14N2S/c1-10-7-11(9-12(8-10)16(17)19)13-3-2-4-15-14(13)5-6-18-15/h2-9,18H,1H3,(H2,17,19). The monoisotopic (exact) mass is 266 g/mol. The molecule has 0 atom stereocenters. The molecule has 94 valence electrons. The second-order valence-corrected chi connectivity index (χ2v) is 5.14. The zero-order valence-corrected chi connectivity index (χ0v) is 11.4. The van der Waals surface area contributed by atoms with Gasteiger partial charge in [-0.1, -0.05) is 30.4 Å². The van der Waals surface area contributed by atoms with Crippen LogP contribution in [0.2, 0.25) is 0 Å². The fraction of sp³-hybridized carbons (Fsp3) is 0.0625. The Bertz CT molecular complexity index is 771. The first-order valence-electron chi connectivity index (χ1n) is 6.13. The molecule has 0 spiro atoms. The normalized spacial score (nSPS) is 10.8. The number of rotatable bonds is 2. The summed E-state index contributed by atoms with van der Waals surface area (Å²) in [6, 6.07) is 14.6. The van der Waals surface area contributed by atoms with Gasteiger partial charge in [-0.25, -0.2) is 0 Å². The minimum atomic E-state index is 0.436. The van der Waals surface area contributed by atoms with E-state index in [0.717, 1.165) is 22.2 Å². The molecule has 0 aliphatic rings. The Balaban J connectivity index is 2.26. The summed E-state index contributed by atoms with van der Waals surface area (Å²) < 4.78 is 0. The number of H-pyrrole nitrogens is 1. The average molecular weight is 266 g/mol. The summed E-state index contributed by atoms with van der Waals surface area (Å²) in [4.78, 5) is 3.67. The molecule has 0 radical (unpaired) electrons. The third-order valence-electron chi connectivity index (χ3n) is 3.27. The van der Waals surface area contributed by atoms with Crippen molar-refractivity contribution in [2.45, 2.75) is 6.92 Å². The van der Waals surface area contributed by atoms with Crippen LogP contribution in [-0.4, -0.2) is 9.97 Å². The van der Waals surface area contributed by atoms with Gasteiger partial charge in [-0.3, -0.25) is 0 Å². The molecule has 0 bridgehead atoms. The molecule has 1 aromatic heterocycles. The fourth-order valence-electron chi connectivity index (χ4n) is 2.42. The highest BCUT2D eigenvalue weighted by atomic mass is 32.1. The van der Waals surface area contributed by atoms with Gasteiger partial charge in [0.15, 0.2) is 0 Å². The van der Waals surface area contributed by atoms with Gasteiger partial charge in [0.1, 0.15) is 4.99 Å². The Morgan fingerprint density at radius 1 is 1.16 bits per heavy atom. The van der Waals surface area contributed by atoms with Crippen LogP contribution >= 0.6 is 12.2 Å². The van der Waals surface area contributed by atoms with Crippen LogP contribution in [-0.2, 0) is 0 Å². The highest BCUT2D eigenvalue weighted by Crippen LogP contribution is 2.29. The number of aromatic amines is 1. The molecule has 0 saturated heterocycles. The lowest BCUT2D eigenvalue weighted by Crippen LogP contribution is -2.09. The maximum absolute atomic E-state index is 5.75. The number of nitrogens with two attached hydrogens (primary N) is 1. The lowest BCUT2D eigenvalue weighted by molar-refractivity contribution is 1.45. The summed E-state index contributed by atoms with van der Waals surface area (Å²) in [5, 5.41) is 1.21. The predicted molar refractivity (Wildman–Crippen MR) is 84.4 cm³/mol. The summed E-state index contributed by atoms with van der Waals surface area (Å²) in [7, 11) is 0. The van der Waals surface area contributed by atoms with E-state index in [1.165, 1.54) is 10.9 Å². The molecular formula is C16H14N2S. The van der Waals surface area contributed by atoms with Crippen LogP contribution in [0.25, 0.3) is 22.0 Å². The van der Waals surface area contributed by atoms with Crippen LogP contribution < -0.4 is 5.73 Å². The van der Waals surface area contributed by atoms with E-state index in [-0.39, 0.29) is 0 Å². The van der Waals surface area contributed by atoms with E-state index < -0.39 is 0 Å². The van der Waals surface area contributed by atoms with Crippen LogP contribution in [0.5, 0.6) is 0 Å². The van der Waals surface area contributed by atoms with Crippen molar-refractivity contribution in [1.82, 2.24) is 4.98 Å². The van der Waals surface area contributed by atoms with Gasteiger partial charge >= 0.3 is 0 Å². The molecule has 3 aromatic rings. The third-order valence-corrected chi connectivity index (χ3v) is 3.50. The van der Waals surface area contributed by atoms with Gasteiger partial charge in [0.2, 0.25) is 0 Å². The van der Waals surface area contributed by atoms with Crippen LogP contribution in [0.15, 0.2) is 48.7 Å². The molecule has 0 aliphatic carbocycles. The fourth-order valence-corrected chi connectivity index (χ4v) is 2.54. The summed E-state index contributed by atoms with van der Waals surface area (Å²) in [5.74, 6) is 0.